The SMILES string of the molecule is CCN(CC(F)(F)F)c1ccccc1C(N)=S. The van der Waals surface area contributed by atoms with Crippen LogP contribution >= 0.6 is 12.2 Å². The highest BCUT2D eigenvalue weighted by molar-refractivity contribution is 7.80. The number of para-hydroxylation sites is 1. The Labute approximate surface area is 103 Å². The third-order valence-corrected chi connectivity index (χ3v) is 2.48. The molecule has 0 unspecified atom stereocenters. The first-order chi connectivity index (χ1) is 7.85. The van der Waals surface area contributed by atoms with Gasteiger partial charge in [-0.2, -0.15) is 13.2 Å². The molecular formula is C11H13F3N2S. The predicted octanol–water partition coefficient (Wildman–Crippen LogP) is 2.71. The maximum absolute atomic E-state index is 12.4. The van der Waals surface area contributed by atoms with Crippen molar-refractivity contribution in [3.8, 4) is 0 Å². The number of benzene rings is 1. The monoisotopic (exact) mass is 262 g/mol. The number of halogens is 3. The van der Waals surface area contributed by atoms with Crippen molar-refractivity contribution >= 4 is 22.9 Å². The van der Waals surface area contributed by atoms with E-state index in [9.17, 15) is 13.2 Å². The smallest absolute Gasteiger partial charge is 0.389 e. The number of hydrogen-bond donors (Lipinski definition) is 1. The van der Waals surface area contributed by atoms with Gasteiger partial charge in [0.15, 0.2) is 0 Å². The third kappa shape index (κ3) is 3.89. The van der Waals surface area contributed by atoms with Crippen LogP contribution in [0.2, 0.25) is 0 Å². The molecule has 0 amide bonds. The van der Waals surface area contributed by atoms with Crippen molar-refractivity contribution < 1.29 is 13.2 Å². The van der Waals surface area contributed by atoms with Crippen LogP contribution in [0.25, 0.3) is 0 Å². The lowest BCUT2D eigenvalue weighted by atomic mass is 10.1. The van der Waals surface area contributed by atoms with Crippen LogP contribution in [-0.2, 0) is 0 Å². The van der Waals surface area contributed by atoms with Crippen molar-refractivity contribution in [1.82, 2.24) is 0 Å². The van der Waals surface area contributed by atoms with E-state index in [0.717, 1.165) is 0 Å². The Morgan fingerprint density at radius 1 is 1.35 bits per heavy atom. The van der Waals surface area contributed by atoms with Gasteiger partial charge in [0.2, 0.25) is 0 Å². The topological polar surface area (TPSA) is 29.3 Å². The van der Waals surface area contributed by atoms with Crippen LogP contribution in [0.1, 0.15) is 12.5 Å². The average Bonchev–Trinajstić information content (AvgIpc) is 2.24. The summed E-state index contributed by atoms with van der Waals surface area (Å²) in [6.07, 6.45) is -4.25. The van der Waals surface area contributed by atoms with Gasteiger partial charge in [-0.05, 0) is 19.1 Å². The molecule has 0 aliphatic rings. The first-order valence-electron chi connectivity index (χ1n) is 5.05. The van der Waals surface area contributed by atoms with E-state index in [-0.39, 0.29) is 11.5 Å². The summed E-state index contributed by atoms with van der Waals surface area (Å²) >= 11 is 4.83. The molecule has 0 spiro atoms. The molecule has 1 aromatic rings. The van der Waals surface area contributed by atoms with E-state index in [1.807, 2.05) is 0 Å². The molecular weight excluding hydrogens is 249 g/mol. The van der Waals surface area contributed by atoms with E-state index in [1.54, 1.807) is 31.2 Å². The van der Waals surface area contributed by atoms with Gasteiger partial charge in [0, 0.05) is 17.8 Å². The summed E-state index contributed by atoms with van der Waals surface area (Å²) in [5, 5.41) is 0. The quantitative estimate of drug-likeness (QED) is 0.846. The maximum Gasteiger partial charge on any atom is 0.405 e. The zero-order chi connectivity index (χ0) is 13.1. The van der Waals surface area contributed by atoms with Crippen LogP contribution < -0.4 is 10.6 Å². The van der Waals surface area contributed by atoms with Crippen molar-refractivity contribution in [2.24, 2.45) is 5.73 Å². The van der Waals surface area contributed by atoms with E-state index in [0.29, 0.717) is 11.3 Å². The van der Waals surface area contributed by atoms with Crippen LogP contribution in [0.5, 0.6) is 0 Å². The molecule has 0 atom stereocenters. The van der Waals surface area contributed by atoms with Crippen molar-refractivity contribution in [3.63, 3.8) is 0 Å². The lowest BCUT2D eigenvalue weighted by molar-refractivity contribution is -0.119. The number of nitrogens with two attached hydrogens (primary N) is 1. The first kappa shape index (κ1) is 13.8. The molecule has 0 fully saturated rings. The zero-order valence-electron chi connectivity index (χ0n) is 9.29. The molecule has 2 N–H and O–H groups in total. The molecule has 2 nitrogen and oxygen atoms in total. The summed E-state index contributed by atoms with van der Waals surface area (Å²) in [4.78, 5) is 1.30. The van der Waals surface area contributed by atoms with Gasteiger partial charge in [-0.25, -0.2) is 0 Å². The van der Waals surface area contributed by atoms with Crippen LogP contribution in [-0.4, -0.2) is 24.3 Å². The summed E-state index contributed by atoms with van der Waals surface area (Å²) in [5.41, 5.74) is 6.38. The van der Waals surface area contributed by atoms with Gasteiger partial charge in [0.05, 0.1) is 0 Å². The Morgan fingerprint density at radius 2 is 1.94 bits per heavy atom. The van der Waals surface area contributed by atoms with E-state index in [2.05, 4.69) is 0 Å². The molecule has 0 aliphatic carbocycles. The first-order valence-corrected chi connectivity index (χ1v) is 5.46. The van der Waals surface area contributed by atoms with Gasteiger partial charge >= 0.3 is 6.18 Å². The molecule has 17 heavy (non-hydrogen) atoms. The van der Waals surface area contributed by atoms with Crippen molar-refractivity contribution in [1.29, 1.82) is 0 Å². The number of rotatable bonds is 4. The minimum Gasteiger partial charge on any atom is -0.389 e. The normalized spacial score (nSPS) is 11.3. The molecule has 0 bridgehead atoms. The second-order valence-electron chi connectivity index (χ2n) is 3.51. The van der Waals surface area contributed by atoms with E-state index in [1.165, 1.54) is 4.90 Å². The van der Waals surface area contributed by atoms with E-state index < -0.39 is 12.7 Å². The van der Waals surface area contributed by atoms with Crippen molar-refractivity contribution in [3.05, 3.63) is 29.8 Å². The predicted molar refractivity (Wildman–Crippen MR) is 66.3 cm³/mol. The molecule has 0 radical (unpaired) electrons. The zero-order valence-corrected chi connectivity index (χ0v) is 10.1. The lowest BCUT2D eigenvalue weighted by Crippen LogP contribution is -2.35. The van der Waals surface area contributed by atoms with Crippen molar-refractivity contribution in [2.45, 2.75) is 13.1 Å². The largest absolute Gasteiger partial charge is 0.405 e. The van der Waals surface area contributed by atoms with Gasteiger partial charge in [0.25, 0.3) is 0 Å². The fourth-order valence-electron chi connectivity index (χ4n) is 1.54. The van der Waals surface area contributed by atoms with Gasteiger partial charge in [0.1, 0.15) is 11.5 Å². The van der Waals surface area contributed by atoms with E-state index >= 15 is 0 Å². The minimum atomic E-state index is -4.25. The highest BCUT2D eigenvalue weighted by atomic mass is 32.1. The summed E-state index contributed by atoms with van der Waals surface area (Å²) in [6.45, 7) is 0.879. The Kier molecular flexibility index (Phi) is 4.34. The van der Waals surface area contributed by atoms with Crippen LogP contribution in [0.15, 0.2) is 24.3 Å². The van der Waals surface area contributed by atoms with Gasteiger partial charge < -0.3 is 10.6 Å². The third-order valence-electron chi connectivity index (χ3n) is 2.26. The molecule has 0 heterocycles. The van der Waals surface area contributed by atoms with Gasteiger partial charge in [-0.1, -0.05) is 24.4 Å². The number of anilines is 1. The number of hydrogen-bond acceptors (Lipinski definition) is 2. The molecule has 0 aliphatic heterocycles. The molecule has 94 valence electrons. The van der Waals surface area contributed by atoms with Gasteiger partial charge in [-0.15, -0.1) is 0 Å². The fourth-order valence-corrected chi connectivity index (χ4v) is 1.71. The Hall–Kier alpha value is -1.30. The number of thiocarbonyl (C=S) groups is 1. The summed E-state index contributed by atoms with van der Waals surface area (Å²) in [6, 6.07) is 6.57. The molecule has 6 heteroatoms. The fraction of sp³-hybridized carbons (Fsp3) is 0.364. The second kappa shape index (κ2) is 5.35. The van der Waals surface area contributed by atoms with Crippen LogP contribution in [0.3, 0.4) is 0 Å². The van der Waals surface area contributed by atoms with Crippen LogP contribution in [0.4, 0.5) is 18.9 Å². The van der Waals surface area contributed by atoms with Crippen LogP contribution in [0, 0.1) is 0 Å². The Balaban J connectivity index is 3.07. The summed E-state index contributed by atoms with van der Waals surface area (Å²) < 4.78 is 37.2. The lowest BCUT2D eigenvalue weighted by Gasteiger charge is -2.26. The summed E-state index contributed by atoms with van der Waals surface area (Å²) in [7, 11) is 0. The minimum absolute atomic E-state index is 0.0984. The Morgan fingerprint density at radius 3 is 2.41 bits per heavy atom. The van der Waals surface area contributed by atoms with Crippen molar-refractivity contribution in [2.75, 3.05) is 18.0 Å². The Bertz CT molecular complexity index is 404. The summed E-state index contributed by atoms with van der Waals surface area (Å²) in [5.74, 6) is 0. The molecule has 0 aromatic heterocycles. The number of alkyl halides is 3. The average molecular weight is 262 g/mol. The molecule has 1 rings (SSSR count). The highest BCUT2D eigenvalue weighted by Crippen LogP contribution is 2.25. The highest BCUT2D eigenvalue weighted by Gasteiger charge is 2.31. The molecule has 0 saturated carbocycles. The maximum atomic E-state index is 12.4. The van der Waals surface area contributed by atoms with Gasteiger partial charge in [-0.3, -0.25) is 0 Å². The standard InChI is InChI=1S/C11H13F3N2S/c1-2-16(7-11(12,13)14)9-6-4-3-5-8(9)10(15)17/h3-6H,2,7H2,1H3,(H2,15,17). The second-order valence-corrected chi connectivity index (χ2v) is 3.95. The molecule has 1 aromatic carbocycles. The molecule has 0 saturated heterocycles. The van der Waals surface area contributed by atoms with E-state index in [4.69, 9.17) is 18.0 Å². The number of nitrogens with zero attached hydrogens (tertiary/aromatic N) is 1.